The van der Waals surface area contributed by atoms with Gasteiger partial charge in [0.25, 0.3) is 0 Å². The van der Waals surface area contributed by atoms with Gasteiger partial charge >= 0.3 is 0 Å². The largest absolute Gasteiger partial charge is 0.390 e. The minimum atomic E-state index is -0.597. The third kappa shape index (κ3) is 4.80. The van der Waals surface area contributed by atoms with Crippen LogP contribution >= 0.6 is 11.8 Å². The molecule has 5 nitrogen and oxygen atoms in total. The van der Waals surface area contributed by atoms with Crippen LogP contribution in [0.4, 0.5) is 0 Å². The highest BCUT2D eigenvalue weighted by atomic mass is 32.2. The van der Waals surface area contributed by atoms with Crippen molar-refractivity contribution in [1.29, 1.82) is 0 Å². The third-order valence-corrected chi connectivity index (χ3v) is 5.69. The summed E-state index contributed by atoms with van der Waals surface area (Å²) < 4.78 is 1.75. The monoisotopic (exact) mass is 346 g/mol. The van der Waals surface area contributed by atoms with E-state index in [-0.39, 0.29) is 0 Å². The van der Waals surface area contributed by atoms with Crippen molar-refractivity contribution in [2.45, 2.75) is 62.6 Å². The molecule has 1 fully saturated rings. The van der Waals surface area contributed by atoms with Gasteiger partial charge in [0.05, 0.1) is 11.3 Å². The smallest absolute Gasteiger partial charge is 0.214 e. The summed E-state index contributed by atoms with van der Waals surface area (Å²) in [4.78, 5) is 0. The number of para-hydroxylation sites is 1. The number of hydrogen-bond acceptors (Lipinski definition) is 5. The first-order valence-electron chi connectivity index (χ1n) is 8.83. The molecule has 0 aliphatic heterocycles. The van der Waals surface area contributed by atoms with Crippen LogP contribution in [0.25, 0.3) is 5.69 Å². The minimum absolute atomic E-state index is 0.597. The van der Waals surface area contributed by atoms with Crippen LogP contribution in [0.1, 0.15) is 51.9 Å². The van der Waals surface area contributed by atoms with E-state index in [4.69, 9.17) is 0 Å². The van der Waals surface area contributed by atoms with Crippen LogP contribution in [-0.2, 0) is 0 Å². The highest BCUT2D eigenvalue weighted by molar-refractivity contribution is 7.99. The molecule has 1 aromatic heterocycles. The van der Waals surface area contributed by atoms with Crippen LogP contribution in [0.3, 0.4) is 0 Å². The topological polar surface area (TPSA) is 63.8 Å². The van der Waals surface area contributed by atoms with Crippen molar-refractivity contribution in [2.75, 3.05) is 5.75 Å². The molecule has 0 radical (unpaired) electrons. The highest BCUT2D eigenvalue weighted by Gasteiger charge is 2.26. The summed E-state index contributed by atoms with van der Waals surface area (Å²) in [5.41, 5.74) is 0.360. The van der Waals surface area contributed by atoms with E-state index in [0.29, 0.717) is 5.92 Å². The third-order valence-electron chi connectivity index (χ3n) is 4.77. The van der Waals surface area contributed by atoms with E-state index in [1.807, 2.05) is 37.3 Å². The first-order valence-corrected chi connectivity index (χ1v) is 9.82. The van der Waals surface area contributed by atoms with Crippen molar-refractivity contribution in [3.63, 3.8) is 0 Å². The lowest BCUT2D eigenvalue weighted by Gasteiger charge is -2.30. The Labute approximate surface area is 147 Å². The van der Waals surface area contributed by atoms with E-state index >= 15 is 0 Å². The fourth-order valence-corrected chi connectivity index (χ4v) is 4.56. The molecule has 1 aromatic carbocycles. The normalized spacial score (nSPS) is 18.4. The second kappa shape index (κ2) is 8.12. The van der Waals surface area contributed by atoms with Crippen LogP contribution in [-0.4, -0.2) is 36.7 Å². The van der Waals surface area contributed by atoms with Gasteiger partial charge in [-0.3, -0.25) is 0 Å². The van der Waals surface area contributed by atoms with Crippen molar-refractivity contribution in [1.82, 2.24) is 20.2 Å². The van der Waals surface area contributed by atoms with Gasteiger partial charge in [0.15, 0.2) is 0 Å². The van der Waals surface area contributed by atoms with Crippen LogP contribution in [0, 0.1) is 5.92 Å². The summed E-state index contributed by atoms with van der Waals surface area (Å²) in [6.45, 7) is 1.97. The van der Waals surface area contributed by atoms with Gasteiger partial charge in [-0.05, 0) is 48.2 Å². The number of aromatic nitrogens is 4. The molecule has 1 unspecified atom stereocenters. The Hall–Kier alpha value is -1.40. The number of thioether (sulfide) groups is 1. The lowest BCUT2D eigenvalue weighted by Crippen LogP contribution is -2.29. The molecule has 0 spiro atoms. The van der Waals surface area contributed by atoms with E-state index in [1.54, 1.807) is 16.4 Å². The molecular formula is C18H26N4OS. The molecule has 1 heterocycles. The lowest BCUT2D eigenvalue weighted by molar-refractivity contribution is 0.0252. The van der Waals surface area contributed by atoms with Crippen molar-refractivity contribution < 1.29 is 5.11 Å². The zero-order valence-corrected chi connectivity index (χ0v) is 15.1. The van der Waals surface area contributed by atoms with Crippen LogP contribution < -0.4 is 0 Å². The summed E-state index contributed by atoms with van der Waals surface area (Å²) in [7, 11) is 0. The molecule has 3 rings (SSSR count). The van der Waals surface area contributed by atoms with E-state index < -0.39 is 5.60 Å². The Balaban J connectivity index is 1.52. The van der Waals surface area contributed by atoms with E-state index in [9.17, 15) is 5.11 Å². The Bertz CT molecular complexity index is 623. The average molecular weight is 347 g/mol. The molecular weight excluding hydrogens is 320 g/mol. The highest BCUT2D eigenvalue weighted by Crippen LogP contribution is 2.33. The van der Waals surface area contributed by atoms with Crippen molar-refractivity contribution in [2.24, 2.45) is 5.92 Å². The molecule has 1 atom stereocenters. The number of rotatable bonds is 7. The van der Waals surface area contributed by atoms with Gasteiger partial charge < -0.3 is 5.11 Å². The van der Waals surface area contributed by atoms with Gasteiger partial charge in [0.1, 0.15) is 0 Å². The predicted molar refractivity (Wildman–Crippen MR) is 96.3 cm³/mol. The quantitative estimate of drug-likeness (QED) is 0.771. The second-order valence-corrected chi connectivity index (χ2v) is 8.07. The van der Waals surface area contributed by atoms with E-state index in [2.05, 4.69) is 15.5 Å². The number of benzene rings is 1. The molecule has 1 aliphatic carbocycles. The predicted octanol–water partition coefficient (Wildman–Crippen LogP) is 3.87. The van der Waals surface area contributed by atoms with Gasteiger partial charge in [-0.15, -0.1) is 5.10 Å². The van der Waals surface area contributed by atoms with Gasteiger partial charge in [-0.2, -0.15) is 4.68 Å². The van der Waals surface area contributed by atoms with Crippen LogP contribution in [0.15, 0.2) is 35.5 Å². The van der Waals surface area contributed by atoms with Gasteiger partial charge in [0.2, 0.25) is 5.16 Å². The molecule has 1 saturated carbocycles. The fourth-order valence-electron chi connectivity index (χ4n) is 3.48. The maximum atomic E-state index is 10.7. The van der Waals surface area contributed by atoms with Crippen LogP contribution in [0.5, 0.6) is 0 Å². The number of aliphatic hydroxyl groups is 1. The summed E-state index contributed by atoms with van der Waals surface area (Å²) in [5, 5.41) is 23.4. The minimum Gasteiger partial charge on any atom is -0.390 e. The first-order chi connectivity index (χ1) is 11.6. The molecule has 0 saturated heterocycles. The van der Waals surface area contributed by atoms with Gasteiger partial charge in [-0.1, -0.05) is 62.1 Å². The number of hydrogen-bond donors (Lipinski definition) is 1. The molecule has 0 bridgehead atoms. The summed E-state index contributed by atoms with van der Waals surface area (Å²) >= 11 is 1.60. The fraction of sp³-hybridized carbons (Fsp3) is 0.611. The maximum absolute atomic E-state index is 10.7. The lowest BCUT2D eigenvalue weighted by atomic mass is 9.81. The zero-order valence-electron chi connectivity index (χ0n) is 14.3. The molecule has 0 amide bonds. The molecule has 2 aromatic rings. The Morgan fingerprint density at radius 3 is 2.71 bits per heavy atom. The molecule has 6 heteroatoms. The molecule has 24 heavy (non-hydrogen) atoms. The second-order valence-electron chi connectivity index (χ2n) is 7.01. The zero-order chi connectivity index (χ0) is 16.8. The van der Waals surface area contributed by atoms with Gasteiger partial charge in [-0.25, -0.2) is 0 Å². The summed E-state index contributed by atoms with van der Waals surface area (Å²) in [6.07, 6.45) is 8.22. The maximum Gasteiger partial charge on any atom is 0.214 e. The Morgan fingerprint density at radius 2 is 1.96 bits per heavy atom. The first kappa shape index (κ1) is 17.4. The summed E-state index contributed by atoms with van der Waals surface area (Å²) in [5.74, 6) is 1.50. The Morgan fingerprint density at radius 1 is 1.21 bits per heavy atom. The SMILES string of the molecule is CC(O)(CCSc1nnnn1-c1ccccc1)CC1CCCCC1. The average Bonchev–Trinajstić information content (AvgIpc) is 3.04. The van der Waals surface area contributed by atoms with Crippen LogP contribution in [0.2, 0.25) is 0 Å². The number of nitrogens with zero attached hydrogens (tertiary/aromatic N) is 4. The summed E-state index contributed by atoms with van der Waals surface area (Å²) in [6, 6.07) is 9.89. The standard InChI is InChI=1S/C18H26N4OS/c1-18(23,14-15-8-4-2-5-9-15)12-13-24-17-19-20-21-22(17)16-10-6-3-7-11-16/h3,6-7,10-11,15,23H,2,4-5,8-9,12-14H2,1H3. The van der Waals surface area contributed by atoms with E-state index in [1.165, 1.54) is 32.1 Å². The van der Waals surface area contributed by atoms with E-state index in [0.717, 1.165) is 29.4 Å². The van der Waals surface area contributed by atoms with Crippen molar-refractivity contribution in [3.8, 4) is 5.69 Å². The van der Waals surface area contributed by atoms with Crippen molar-refractivity contribution >= 4 is 11.8 Å². The molecule has 130 valence electrons. The molecule has 1 N–H and O–H groups in total. The Kier molecular flexibility index (Phi) is 5.89. The number of tetrazole rings is 1. The van der Waals surface area contributed by atoms with Crippen molar-refractivity contribution in [3.05, 3.63) is 30.3 Å². The molecule has 1 aliphatic rings. The van der Waals surface area contributed by atoms with Gasteiger partial charge in [0, 0.05) is 5.75 Å².